The van der Waals surface area contributed by atoms with Gasteiger partial charge in [-0.3, -0.25) is 4.90 Å². The maximum Gasteiger partial charge on any atom is 0.251 e. The Morgan fingerprint density at radius 3 is 2.40 bits per heavy atom. The number of benzene rings is 1. The molecule has 0 aliphatic carbocycles. The van der Waals surface area contributed by atoms with E-state index in [0.29, 0.717) is 5.95 Å². The SMILES string of the molecule is Cc1cc(C)nc(-n2ncc(/C=C/CN3CCN(c4ccccc4Cl)CC3)c2C)n1. The van der Waals surface area contributed by atoms with E-state index in [2.05, 4.69) is 50.0 Å². The molecule has 1 saturated heterocycles. The van der Waals surface area contributed by atoms with Crippen molar-refractivity contribution in [1.29, 1.82) is 0 Å². The molecule has 0 atom stereocenters. The van der Waals surface area contributed by atoms with Gasteiger partial charge in [0.2, 0.25) is 0 Å². The Morgan fingerprint density at radius 2 is 1.70 bits per heavy atom. The van der Waals surface area contributed by atoms with Gasteiger partial charge in [0.1, 0.15) is 0 Å². The smallest absolute Gasteiger partial charge is 0.251 e. The number of nitrogens with zero attached hydrogens (tertiary/aromatic N) is 6. The van der Waals surface area contributed by atoms with E-state index in [1.165, 1.54) is 0 Å². The van der Waals surface area contributed by atoms with E-state index >= 15 is 0 Å². The lowest BCUT2D eigenvalue weighted by molar-refractivity contribution is 0.284. The molecule has 0 amide bonds. The Kier molecular flexibility index (Phi) is 6.16. The zero-order chi connectivity index (χ0) is 21.1. The summed E-state index contributed by atoms with van der Waals surface area (Å²) < 4.78 is 1.81. The third-order valence-electron chi connectivity index (χ3n) is 5.43. The second kappa shape index (κ2) is 8.98. The molecule has 0 saturated carbocycles. The van der Waals surface area contributed by atoms with E-state index in [1.807, 2.05) is 49.0 Å². The van der Waals surface area contributed by atoms with Crippen molar-refractivity contribution in [3.63, 3.8) is 0 Å². The first kappa shape index (κ1) is 20.6. The Morgan fingerprint density at radius 1 is 1.00 bits per heavy atom. The van der Waals surface area contributed by atoms with Crippen LogP contribution in [0, 0.1) is 20.8 Å². The van der Waals surface area contributed by atoms with Gasteiger partial charge in [0, 0.05) is 49.7 Å². The molecule has 1 fully saturated rings. The molecule has 3 aromatic rings. The van der Waals surface area contributed by atoms with Gasteiger partial charge in [-0.25, -0.2) is 14.6 Å². The van der Waals surface area contributed by atoms with E-state index < -0.39 is 0 Å². The first-order chi connectivity index (χ1) is 14.5. The summed E-state index contributed by atoms with van der Waals surface area (Å²) in [5, 5.41) is 5.32. The zero-order valence-electron chi connectivity index (χ0n) is 17.7. The van der Waals surface area contributed by atoms with Crippen molar-refractivity contribution >= 4 is 23.4 Å². The second-order valence-corrected chi connectivity index (χ2v) is 8.10. The van der Waals surface area contributed by atoms with Gasteiger partial charge in [-0.2, -0.15) is 5.10 Å². The van der Waals surface area contributed by atoms with E-state index in [1.54, 1.807) is 0 Å². The molecular formula is C23H27ClN6. The van der Waals surface area contributed by atoms with Gasteiger partial charge < -0.3 is 4.90 Å². The molecule has 156 valence electrons. The van der Waals surface area contributed by atoms with Crippen LogP contribution in [0.15, 0.2) is 42.6 Å². The summed E-state index contributed by atoms with van der Waals surface area (Å²) in [6.45, 7) is 10.9. The first-order valence-electron chi connectivity index (χ1n) is 10.3. The van der Waals surface area contributed by atoms with E-state index in [-0.39, 0.29) is 0 Å². The molecule has 0 N–H and O–H groups in total. The summed E-state index contributed by atoms with van der Waals surface area (Å²) >= 11 is 6.34. The van der Waals surface area contributed by atoms with Crippen molar-refractivity contribution in [1.82, 2.24) is 24.6 Å². The van der Waals surface area contributed by atoms with Crippen LogP contribution in [0.25, 0.3) is 12.0 Å². The third kappa shape index (κ3) is 4.55. The zero-order valence-corrected chi connectivity index (χ0v) is 18.5. The number of para-hydroxylation sites is 1. The standard InChI is InChI=1S/C23H27ClN6/c1-17-15-18(2)27-23(26-17)30-19(3)20(16-25-30)7-6-10-28-11-13-29(14-12-28)22-9-5-4-8-21(22)24/h4-9,15-16H,10-14H2,1-3H3/b7-6+. The van der Waals surface area contributed by atoms with Crippen LogP contribution in [0.3, 0.4) is 0 Å². The average Bonchev–Trinajstić information content (AvgIpc) is 3.09. The van der Waals surface area contributed by atoms with Gasteiger partial charge in [0.15, 0.2) is 0 Å². The van der Waals surface area contributed by atoms with Gasteiger partial charge in [0.25, 0.3) is 5.95 Å². The van der Waals surface area contributed by atoms with Crippen LogP contribution in [-0.4, -0.2) is 57.4 Å². The van der Waals surface area contributed by atoms with Crippen LogP contribution in [0.5, 0.6) is 0 Å². The lowest BCUT2D eigenvalue weighted by atomic mass is 10.2. The topological polar surface area (TPSA) is 50.1 Å². The van der Waals surface area contributed by atoms with Crippen LogP contribution in [0.2, 0.25) is 5.02 Å². The number of hydrogen-bond acceptors (Lipinski definition) is 5. The van der Waals surface area contributed by atoms with Crippen LogP contribution >= 0.6 is 11.6 Å². The fraction of sp³-hybridized carbons (Fsp3) is 0.348. The van der Waals surface area contributed by atoms with Crippen molar-refractivity contribution in [3.05, 3.63) is 70.3 Å². The molecule has 0 radical (unpaired) electrons. The number of rotatable bonds is 5. The van der Waals surface area contributed by atoms with Crippen LogP contribution in [0.1, 0.15) is 22.6 Å². The molecule has 0 unspecified atom stereocenters. The summed E-state index contributed by atoms with van der Waals surface area (Å²) in [5.74, 6) is 0.625. The second-order valence-electron chi connectivity index (χ2n) is 7.69. The largest absolute Gasteiger partial charge is 0.368 e. The molecule has 1 aliphatic heterocycles. The lowest BCUT2D eigenvalue weighted by Crippen LogP contribution is -2.46. The molecule has 1 aromatic carbocycles. The highest BCUT2D eigenvalue weighted by Gasteiger charge is 2.18. The van der Waals surface area contributed by atoms with Crippen LogP contribution < -0.4 is 4.90 Å². The molecule has 6 nitrogen and oxygen atoms in total. The molecule has 1 aliphatic rings. The van der Waals surface area contributed by atoms with Gasteiger partial charge in [-0.1, -0.05) is 35.9 Å². The molecule has 30 heavy (non-hydrogen) atoms. The number of halogens is 1. The Labute approximate surface area is 182 Å². The molecule has 0 bridgehead atoms. The average molecular weight is 423 g/mol. The van der Waals surface area contributed by atoms with Crippen LogP contribution in [0.4, 0.5) is 5.69 Å². The normalized spacial score (nSPS) is 15.3. The van der Waals surface area contributed by atoms with Crippen molar-refractivity contribution < 1.29 is 0 Å². The van der Waals surface area contributed by atoms with Gasteiger partial charge in [0.05, 0.1) is 22.6 Å². The Bertz CT molecular complexity index is 1030. The maximum atomic E-state index is 6.34. The van der Waals surface area contributed by atoms with Gasteiger partial charge >= 0.3 is 0 Å². The first-order valence-corrected chi connectivity index (χ1v) is 10.6. The van der Waals surface area contributed by atoms with Crippen molar-refractivity contribution in [2.75, 3.05) is 37.6 Å². The molecule has 4 rings (SSSR count). The highest BCUT2D eigenvalue weighted by atomic mass is 35.5. The quantitative estimate of drug-likeness (QED) is 0.620. The number of aromatic nitrogens is 4. The fourth-order valence-corrected chi connectivity index (χ4v) is 4.05. The summed E-state index contributed by atoms with van der Waals surface area (Å²) in [4.78, 5) is 13.8. The predicted octanol–water partition coefficient (Wildman–Crippen LogP) is 4.08. The number of hydrogen-bond donors (Lipinski definition) is 0. The summed E-state index contributed by atoms with van der Waals surface area (Å²) in [6, 6.07) is 10.0. The minimum absolute atomic E-state index is 0.625. The molecule has 7 heteroatoms. The monoisotopic (exact) mass is 422 g/mol. The molecular weight excluding hydrogens is 396 g/mol. The highest BCUT2D eigenvalue weighted by molar-refractivity contribution is 6.33. The lowest BCUT2D eigenvalue weighted by Gasteiger charge is -2.36. The maximum absolute atomic E-state index is 6.34. The van der Waals surface area contributed by atoms with E-state index in [4.69, 9.17) is 11.6 Å². The number of aryl methyl sites for hydroxylation is 2. The van der Waals surface area contributed by atoms with Crippen molar-refractivity contribution in [2.24, 2.45) is 0 Å². The third-order valence-corrected chi connectivity index (χ3v) is 5.75. The van der Waals surface area contributed by atoms with Crippen molar-refractivity contribution in [2.45, 2.75) is 20.8 Å². The van der Waals surface area contributed by atoms with E-state index in [0.717, 1.165) is 66.1 Å². The Balaban J connectivity index is 1.36. The summed E-state index contributed by atoms with van der Waals surface area (Å²) in [7, 11) is 0. The Hall–Kier alpha value is -2.70. The molecule has 3 heterocycles. The summed E-state index contributed by atoms with van der Waals surface area (Å²) in [6.07, 6.45) is 6.23. The van der Waals surface area contributed by atoms with Gasteiger partial charge in [-0.05, 0) is 39.0 Å². The summed E-state index contributed by atoms with van der Waals surface area (Å²) in [5.41, 5.74) is 5.15. The minimum Gasteiger partial charge on any atom is -0.368 e. The van der Waals surface area contributed by atoms with E-state index in [9.17, 15) is 0 Å². The molecule has 2 aromatic heterocycles. The fourth-order valence-electron chi connectivity index (χ4n) is 3.80. The van der Waals surface area contributed by atoms with Crippen LogP contribution in [-0.2, 0) is 0 Å². The van der Waals surface area contributed by atoms with Gasteiger partial charge in [-0.15, -0.1) is 0 Å². The predicted molar refractivity (Wildman–Crippen MR) is 123 cm³/mol. The number of piperazine rings is 1. The van der Waals surface area contributed by atoms with Crippen molar-refractivity contribution in [3.8, 4) is 5.95 Å². The minimum atomic E-state index is 0.625. The molecule has 0 spiro atoms. The highest BCUT2D eigenvalue weighted by Crippen LogP contribution is 2.26. The number of anilines is 1.